The Hall–Kier alpha value is -3.26. The second-order valence-electron chi connectivity index (χ2n) is 6.28. The number of carbonyl (C=O) groups excluding carboxylic acids is 2. The van der Waals surface area contributed by atoms with Crippen molar-refractivity contribution in [3.63, 3.8) is 0 Å². The molecule has 0 unspecified atom stereocenters. The molecule has 128 valence electrons. The van der Waals surface area contributed by atoms with Crippen molar-refractivity contribution in [1.29, 1.82) is 0 Å². The molecule has 0 saturated carbocycles. The van der Waals surface area contributed by atoms with Crippen LogP contribution in [0, 0.1) is 13.8 Å². The van der Waals surface area contributed by atoms with E-state index in [0.29, 0.717) is 16.7 Å². The number of hydrogen-bond donors (Lipinski definition) is 0. The van der Waals surface area contributed by atoms with Gasteiger partial charge in [0.2, 0.25) is 0 Å². The monoisotopic (exact) mass is 340 g/mol. The van der Waals surface area contributed by atoms with E-state index in [-0.39, 0.29) is 11.6 Å². The zero-order valence-electron chi connectivity index (χ0n) is 14.9. The lowest BCUT2D eigenvalue weighted by Gasteiger charge is -2.08. The first-order valence-electron chi connectivity index (χ1n) is 8.54. The molecule has 0 aliphatic heterocycles. The molecule has 0 radical (unpaired) electrons. The number of Topliss-reactive ketones (excluding diaryl/α,β-unsaturated/α-hetero) is 1. The van der Waals surface area contributed by atoms with E-state index < -0.39 is 0 Å². The number of hydrogen-bond acceptors (Lipinski definition) is 2. The van der Waals surface area contributed by atoms with Gasteiger partial charge in [0.15, 0.2) is 11.6 Å². The highest BCUT2D eigenvalue weighted by Gasteiger charge is 2.16. The summed E-state index contributed by atoms with van der Waals surface area (Å²) in [7, 11) is 0. The van der Waals surface area contributed by atoms with Gasteiger partial charge in [0, 0.05) is 16.7 Å². The maximum absolute atomic E-state index is 13.0. The molecule has 0 saturated heterocycles. The lowest BCUT2D eigenvalue weighted by atomic mass is 9.94. The van der Waals surface area contributed by atoms with E-state index in [1.54, 1.807) is 18.2 Å². The summed E-state index contributed by atoms with van der Waals surface area (Å²) < 4.78 is 0. The number of benzene rings is 3. The maximum Gasteiger partial charge on any atom is 0.193 e. The highest BCUT2D eigenvalue weighted by atomic mass is 16.1. The van der Waals surface area contributed by atoms with Crippen molar-refractivity contribution in [1.82, 2.24) is 0 Å². The van der Waals surface area contributed by atoms with Gasteiger partial charge in [-0.2, -0.15) is 0 Å². The van der Waals surface area contributed by atoms with Gasteiger partial charge in [-0.3, -0.25) is 9.59 Å². The molecule has 3 rings (SSSR count). The Labute approximate surface area is 153 Å². The van der Waals surface area contributed by atoms with Crippen molar-refractivity contribution in [2.75, 3.05) is 0 Å². The van der Waals surface area contributed by atoms with Crippen molar-refractivity contribution in [2.45, 2.75) is 13.8 Å². The average Bonchev–Trinajstić information content (AvgIpc) is 2.69. The van der Waals surface area contributed by atoms with E-state index >= 15 is 0 Å². The molecule has 2 heteroatoms. The Morgan fingerprint density at radius 1 is 0.654 bits per heavy atom. The minimum absolute atomic E-state index is 0.158. The molecule has 0 aliphatic carbocycles. The van der Waals surface area contributed by atoms with Gasteiger partial charge in [-0.25, -0.2) is 0 Å². The SMILES string of the molecule is Cc1ccc(C(=O)/C=C(/C(=O)c2ccccc2)c2ccccc2)cc1C. The summed E-state index contributed by atoms with van der Waals surface area (Å²) in [6.45, 7) is 3.98. The number of rotatable bonds is 5. The fourth-order valence-corrected chi connectivity index (χ4v) is 2.75. The van der Waals surface area contributed by atoms with Crippen LogP contribution in [0.3, 0.4) is 0 Å². The molecule has 3 aromatic rings. The smallest absolute Gasteiger partial charge is 0.193 e. The third kappa shape index (κ3) is 3.86. The second-order valence-corrected chi connectivity index (χ2v) is 6.28. The quantitative estimate of drug-likeness (QED) is 0.457. The normalized spacial score (nSPS) is 11.2. The van der Waals surface area contributed by atoms with Gasteiger partial charge >= 0.3 is 0 Å². The zero-order chi connectivity index (χ0) is 18.5. The zero-order valence-corrected chi connectivity index (χ0v) is 14.9. The molecule has 0 bridgehead atoms. The van der Waals surface area contributed by atoms with E-state index in [1.165, 1.54) is 6.08 Å². The Kier molecular flexibility index (Phi) is 5.23. The van der Waals surface area contributed by atoms with Crippen molar-refractivity contribution in [2.24, 2.45) is 0 Å². The number of aryl methyl sites for hydroxylation is 2. The van der Waals surface area contributed by atoms with E-state index in [0.717, 1.165) is 16.7 Å². The molecular weight excluding hydrogens is 320 g/mol. The predicted octanol–water partition coefficient (Wildman–Crippen LogP) is 5.45. The van der Waals surface area contributed by atoms with Gasteiger partial charge < -0.3 is 0 Å². The third-order valence-corrected chi connectivity index (χ3v) is 4.43. The maximum atomic E-state index is 13.0. The average molecular weight is 340 g/mol. The summed E-state index contributed by atoms with van der Waals surface area (Å²) in [6.07, 6.45) is 1.45. The molecule has 0 spiro atoms. The Bertz CT molecular complexity index is 968. The number of carbonyl (C=O) groups is 2. The Balaban J connectivity index is 2.05. The highest BCUT2D eigenvalue weighted by Crippen LogP contribution is 2.21. The topological polar surface area (TPSA) is 34.1 Å². The van der Waals surface area contributed by atoms with Crippen molar-refractivity contribution < 1.29 is 9.59 Å². The van der Waals surface area contributed by atoms with Gasteiger partial charge in [-0.05, 0) is 42.7 Å². The molecular formula is C24H20O2. The summed E-state index contributed by atoms with van der Waals surface area (Å²) in [5.41, 5.74) is 4.48. The first kappa shape index (κ1) is 17.6. The van der Waals surface area contributed by atoms with Crippen LogP contribution in [-0.4, -0.2) is 11.6 Å². The van der Waals surface area contributed by atoms with Gasteiger partial charge in [0.25, 0.3) is 0 Å². The molecule has 0 aliphatic rings. The van der Waals surface area contributed by atoms with Crippen molar-refractivity contribution in [3.8, 4) is 0 Å². The molecule has 2 nitrogen and oxygen atoms in total. The molecule has 0 amide bonds. The summed E-state index contributed by atoms with van der Waals surface area (Å²) in [6, 6.07) is 23.9. The summed E-state index contributed by atoms with van der Waals surface area (Å²) in [5.74, 6) is -0.329. The molecule has 3 aromatic carbocycles. The van der Waals surface area contributed by atoms with Crippen LogP contribution in [0.25, 0.3) is 5.57 Å². The van der Waals surface area contributed by atoms with Crippen LogP contribution < -0.4 is 0 Å². The molecule has 0 fully saturated rings. The van der Waals surface area contributed by atoms with Crippen molar-refractivity contribution >= 4 is 17.1 Å². The summed E-state index contributed by atoms with van der Waals surface area (Å²) >= 11 is 0. The van der Waals surface area contributed by atoms with E-state index in [1.807, 2.05) is 74.5 Å². The minimum Gasteiger partial charge on any atom is -0.289 e. The van der Waals surface area contributed by atoms with Crippen LogP contribution in [0.4, 0.5) is 0 Å². The van der Waals surface area contributed by atoms with Crippen LogP contribution in [0.15, 0.2) is 84.9 Å². The second kappa shape index (κ2) is 7.75. The van der Waals surface area contributed by atoms with E-state index in [9.17, 15) is 9.59 Å². The summed E-state index contributed by atoms with van der Waals surface area (Å²) in [5, 5.41) is 0. The fraction of sp³-hybridized carbons (Fsp3) is 0.0833. The first-order valence-corrected chi connectivity index (χ1v) is 8.54. The lowest BCUT2D eigenvalue weighted by molar-refractivity contribution is 0.102. The van der Waals surface area contributed by atoms with Crippen molar-refractivity contribution in [3.05, 3.63) is 113 Å². The molecule has 26 heavy (non-hydrogen) atoms. The van der Waals surface area contributed by atoms with Gasteiger partial charge in [-0.1, -0.05) is 72.8 Å². The molecule has 0 heterocycles. The fourth-order valence-electron chi connectivity index (χ4n) is 2.75. The van der Waals surface area contributed by atoms with E-state index in [4.69, 9.17) is 0 Å². The lowest BCUT2D eigenvalue weighted by Crippen LogP contribution is -2.06. The number of ketones is 2. The Morgan fingerprint density at radius 3 is 1.81 bits per heavy atom. The number of allylic oxidation sites excluding steroid dienone is 2. The first-order chi connectivity index (χ1) is 12.6. The van der Waals surface area contributed by atoms with Crippen LogP contribution in [0.1, 0.15) is 37.4 Å². The van der Waals surface area contributed by atoms with Crippen LogP contribution in [-0.2, 0) is 0 Å². The minimum atomic E-state index is -0.170. The van der Waals surface area contributed by atoms with Crippen LogP contribution in [0.2, 0.25) is 0 Å². The Morgan fingerprint density at radius 2 is 1.23 bits per heavy atom. The van der Waals surface area contributed by atoms with Crippen LogP contribution >= 0.6 is 0 Å². The molecule has 0 N–H and O–H groups in total. The third-order valence-electron chi connectivity index (χ3n) is 4.43. The summed E-state index contributed by atoms with van der Waals surface area (Å²) in [4.78, 5) is 25.8. The predicted molar refractivity (Wildman–Crippen MR) is 105 cm³/mol. The standard InChI is InChI=1S/C24H20O2/c1-17-13-14-21(15-18(17)2)23(25)16-22(19-9-5-3-6-10-19)24(26)20-11-7-4-8-12-20/h3-16H,1-2H3/b22-16+. The highest BCUT2D eigenvalue weighted by molar-refractivity contribution is 6.32. The molecule has 0 atom stereocenters. The molecule has 0 aromatic heterocycles. The van der Waals surface area contributed by atoms with Gasteiger partial charge in [-0.15, -0.1) is 0 Å². The van der Waals surface area contributed by atoms with Gasteiger partial charge in [0.05, 0.1) is 0 Å². The van der Waals surface area contributed by atoms with Gasteiger partial charge in [0.1, 0.15) is 0 Å². The van der Waals surface area contributed by atoms with Crippen LogP contribution in [0.5, 0.6) is 0 Å². The largest absolute Gasteiger partial charge is 0.289 e. The van der Waals surface area contributed by atoms with E-state index in [2.05, 4.69) is 0 Å².